The minimum absolute atomic E-state index is 0.0921. The molecule has 5 atom stereocenters. The van der Waals surface area contributed by atoms with E-state index in [1.807, 2.05) is 30.3 Å². The smallest absolute Gasteiger partial charge is 0.229 e. The van der Waals surface area contributed by atoms with Gasteiger partial charge in [-0.3, -0.25) is 9.59 Å². The summed E-state index contributed by atoms with van der Waals surface area (Å²) in [4.78, 5) is 27.3. The van der Waals surface area contributed by atoms with E-state index in [-0.39, 0.29) is 28.0 Å². The Kier molecular flexibility index (Phi) is 7.63. The second kappa shape index (κ2) is 11.2. The number of rotatable bonds is 6. The first-order valence-corrected chi connectivity index (χ1v) is 14.4. The number of benzene rings is 3. The van der Waals surface area contributed by atoms with Gasteiger partial charge in [0.05, 0.1) is 11.2 Å². The van der Waals surface area contributed by atoms with Crippen molar-refractivity contribution in [2.24, 2.45) is 0 Å². The Balaban J connectivity index is 1.39. The topological polar surface area (TPSA) is 154 Å². The van der Waals surface area contributed by atoms with Crippen molar-refractivity contribution in [3.63, 3.8) is 0 Å². The molecule has 5 unspecified atom stereocenters. The minimum Gasteiger partial charge on any atom is -0.504 e. The maximum absolute atomic E-state index is 13.7. The number of hydrogen-bond donors (Lipinski definition) is 5. The van der Waals surface area contributed by atoms with Crippen molar-refractivity contribution in [2.75, 3.05) is 0 Å². The lowest BCUT2D eigenvalue weighted by Gasteiger charge is -2.48. The number of hydrogen-bond acceptors (Lipinski definition) is 9. The van der Waals surface area contributed by atoms with Crippen LogP contribution in [0.4, 0.5) is 0 Å². The van der Waals surface area contributed by atoms with Gasteiger partial charge in [-0.1, -0.05) is 73.9 Å². The maximum Gasteiger partial charge on any atom is 0.229 e. The molecule has 2 aliphatic carbocycles. The van der Waals surface area contributed by atoms with E-state index in [1.165, 1.54) is 12.1 Å². The Labute approximate surface area is 243 Å². The van der Waals surface area contributed by atoms with Crippen LogP contribution in [0, 0.1) is 0 Å². The summed E-state index contributed by atoms with van der Waals surface area (Å²) in [5.74, 6) is -1.75. The highest BCUT2D eigenvalue weighted by atomic mass is 16.7. The number of ketones is 2. The van der Waals surface area contributed by atoms with Gasteiger partial charge in [-0.05, 0) is 42.9 Å². The SMILES string of the molecule is O=C1c2ccccc2C(=O)c2c(O)c(OC3OC(C4(O)CCCCC4)C(O)C(O)C3O)cc(CCc3ccccc3)c21. The number of phenols is 1. The van der Waals surface area contributed by atoms with Crippen molar-refractivity contribution >= 4 is 11.6 Å². The lowest BCUT2D eigenvalue weighted by molar-refractivity contribution is -0.308. The number of ether oxygens (including phenoxy) is 2. The van der Waals surface area contributed by atoms with Crippen molar-refractivity contribution in [2.45, 2.75) is 81.3 Å². The zero-order chi connectivity index (χ0) is 29.6. The summed E-state index contributed by atoms with van der Waals surface area (Å²) in [5, 5.41) is 54.9. The van der Waals surface area contributed by atoms with Gasteiger partial charge in [0.2, 0.25) is 6.29 Å². The van der Waals surface area contributed by atoms with Crippen molar-refractivity contribution < 1.29 is 44.6 Å². The quantitative estimate of drug-likeness (QED) is 0.234. The van der Waals surface area contributed by atoms with Gasteiger partial charge in [0.25, 0.3) is 0 Å². The van der Waals surface area contributed by atoms with Crippen molar-refractivity contribution in [3.8, 4) is 11.5 Å². The average molecular weight is 575 g/mol. The summed E-state index contributed by atoms with van der Waals surface area (Å²) in [7, 11) is 0. The fourth-order valence-corrected chi connectivity index (χ4v) is 6.50. The van der Waals surface area contributed by atoms with Crippen LogP contribution in [-0.4, -0.2) is 73.4 Å². The molecule has 3 aromatic rings. The third-order valence-corrected chi connectivity index (χ3v) is 8.80. The average Bonchev–Trinajstić information content (AvgIpc) is 3.00. The summed E-state index contributed by atoms with van der Waals surface area (Å²) >= 11 is 0. The lowest BCUT2D eigenvalue weighted by atomic mass is 9.76. The standard InChI is InChI=1S/C33H34O9/c34-25-20-11-5-6-12-21(20)26(35)24-23(25)19(14-13-18-9-3-1-4-10-18)17-22(27(24)36)41-32-30(39)28(37)29(38)31(42-32)33(40)15-7-2-8-16-33/h1,3-6,9-12,17,28-32,36-40H,2,7-8,13-16H2. The molecular weight excluding hydrogens is 540 g/mol. The van der Waals surface area contributed by atoms with Crippen LogP contribution < -0.4 is 4.74 Å². The molecule has 5 N–H and O–H groups in total. The zero-order valence-corrected chi connectivity index (χ0v) is 23.0. The number of carbonyl (C=O) groups excluding carboxylic acids is 2. The van der Waals surface area contributed by atoms with E-state index in [2.05, 4.69) is 0 Å². The first-order chi connectivity index (χ1) is 20.2. The molecule has 2 fully saturated rings. The highest BCUT2D eigenvalue weighted by Gasteiger charge is 2.53. The van der Waals surface area contributed by atoms with Crippen LogP contribution in [0.25, 0.3) is 0 Å². The predicted molar refractivity (Wildman–Crippen MR) is 151 cm³/mol. The van der Waals surface area contributed by atoms with Crippen LogP contribution in [0.3, 0.4) is 0 Å². The van der Waals surface area contributed by atoms with Crippen molar-refractivity contribution in [1.82, 2.24) is 0 Å². The second-order valence-corrected chi connectivity index (χ2v) is 11.5. The van der Waals surface area contributed by atoms with Gasteiger partial charge in [-0.15, -0.1) is 0 Å². The van der Waals surface area contributed by atoms with Gasteiger partial charge in [0, 0.05) is 16.7 Å². The molecule has 1 saturated heterocycles. The minimum atomic E-state index is -1.73. The highest BCUT2D eigenvalue weighted by Crippen LogP contribution is 2.43. The van der Waals surface area contributed by atoms with Crippen LogP contribution in [0.2, 0.25) is 0 Å². The molecule has 9 heteroatoms. The number of aliphatic hydroxyl groups excluding tert-OH is 3. The first-order valence-electron chi connectivity index (χ1n) is 14.4. The number of aryl methyl sites for hydroxylation is 2. The lowest BCUT2D eigenvalue weighted by Crippen LogP contribution is -2.65. The van der Waals surface area contributed by atoms with Gasteiger partial charge in [-0.25, -0.2) is 0 Å². The van der Waals surface area contributed by atoms with Gasteiger partial charge < -0.3 is 35.0 Å². The fraction of sp³-hybridized carbons (Fsp3) is 0.394. The Morgan fingerprint density at radius 2 is 1.40 bits per heavy atom. The molecule has 0 aromatic heterocycles. The summed E-state index contributed by atoms with van der Waals surface area (Å²) in [5.41, 5.74) is 0.318. The summed E-state index contributed by atoms with van der Waals surface area (Å²) in [6.45, 7) is 0. The molecule has 42 heavy (non-hydrogen) atoms. The monoisotopic (exact) mass is 574 g/mol. The molecule has 0 bridgehead atoms. The molecule has 9 nitrogen and oxygen atoms in total. The summed E-state index contributed by atoms with van der Waals surface area (Å²) < 4.78 is 11.9. The Bertz CT molecular complexity index is 1490. The van der Waals surface area contributed by atoms with Gasteiger partial charge in [-0.2, -0.15) is 0 Å². The third-order valence-electron chi connectivity index (χ3n) is 8.80. The summed E-state index contributed by atoms with van der Waals surface area (Å²) in [6.07, 6.45) is -3.97. The van der Waals surface area contributed by atoms with Gasteiger partial charge in [0.15, 0.2) is 23.1 Å². The van der Waals surface area contributed by atoms with Crippen LogP contribution in [0.15, 0.2) is 60.7 Å². The Morgan fingerprint density at radius 3 is 2.07 bits per heavy atom. The fourth-order valence-electron chi connectivity index (χ4n) is 6.50. The number of phenolic OH excluding ortho intramolecular Hbond substituents is 1. The molecule has 3 aliphatic rings. The van der Waals surface area contributed by atoms with Crippen LogP contribution in [0.1, 0.15) is 75.1 Å². The molecule has 0 amide bonds. The van der Waals surface area contributed by atoms with Gasteiger partial charge in [0.1, 0.15) is 24.4 Å². The Morgan fingerprint density at radius 1 is 0.786 bits per heavy atom. The number of aliphatic hydroxyl groups is 4. The van der Waals surface area contributed by atoms with E-state index in [1.54, 1.807) is 18.2 Å². The van der Waals surface area contributed by atoms with Crippen LogP contribution in [-0.2, 0) is 17.6 Å². The maximum atomic E-state index is 13.7. The van der Waals surface area contributed by atoms with E-state index < -0.39 is 53.6 Å². The van der Waals surface area contributed by atoms with E-state index in [4.69, 9.17) is 9.47 Å². The predicted octanol–water partition coefficient (Wildman–Crippen LogP) is 2.83. The number of aromatic hydroxyl groups is 1. The second-order valence-electron chi connectivity index (χ2n) is 11.5. The largest absolute Gasteiger partial charge is 0.504 e. The number of fused-ring (bicyclic) bond motifs is 2. The van der Waals surface area contributed by atoms with E-state index in [0.717, 1.165) is 12.0 Å². The summed E-state index contributed by atoms with van der Waals surface area (Å²) in [6, 6.07) is 17.5. The van der Waals surface area contributed by atoms with E-state index >= 15 is 0 Å². The van der Waals surface area contributed by atoms with Crippen molar-refractivity contribution in [1.29, 1.82) is 0 Å². The van der Waals surface area contributed by atoms with Crippen LogP contribution in [0.5, 0.6) is 11.5 Å². The molecular formula is C33H34O9. The highest BCUT2D eigenvalue weighted by molar-refractivity contribution is 6.30. The Hall–Kier alpha value is -3.60. The molecule has 1 heterocycles. The van der Waals surface area contributed by atoms with Crippen LogP contribution >= 0.6 is 0 Å². The zero-order valence-electron chi connectivity index (χ0n) is 23.0. The van der Waals surface area contributed by atoms with Gasteiger partial charge >= 0.3 is 0 Å². The molecule has 6 rings (SSSR count). The van der Waals surface area contributed by atoms with Crippen molar-refractivity contribution in [3.05, 3.63) is 94.0 Å². The molecule has 1 aliphatic heterocycles. The van der Waals surface area contributed by atoms with E-state index in [0.29, 0.717) is 44.1 Å². The van der Waals surface area contributed by atoms with E-state index in [9.17, 15) is 35.1 Å². The molecule has 220 valence electrons. The normalized spacial score (nSPS) is 26.8. The number of carbonyl (C=O) groups is 2. The first kappa shape index (κ1) is 28.5. The third kappa shape index (κ3) is 4.91. The molecule has 1 saturated carbocycles. The molecule has 0 radical (unpaired) electrons. The molecule has 0 spiro atoms. The molecule has 3 aromatic carbocycles.